The van der Waals surface area contributed by atoms with Crippen molar-refractivity contribution in [2.24, 2.45) is 0 Å². The van der Waals surface area contributed by atoms with Crippen LogP contribution in [0.3, 0.4) is 0 Å². The summed E-state index contributed by atoms with van der Waals surface area (Å²) in [5.41, 5.74) is 0.768. The van der Waals surface area contributed by atoms with Crippen LogP contribution in [0.4, 0.5) is 17.6 Å². The van der Waals surface area contributed by atoms with E-state index >= 15 is 0 Å². The fourth-order valence-corrected chi connectivity index (χ4v) is 1.40. The molecule has 0 amide bonds. The van der Waals surface area contributed by atoms with Crippen molar-refractivity contribution in [2.75, 3.05) is 0 Å². The van der Waals surface area contributed by atoms with Gasteiger partial charge in [-0.2, -0.15) is 8.78 Å². The Morgan fingerprint density at radius 3 is 1.94 bits per heavy atom. The number of ketones is 1. The lowest BCUT2D eigenvalue weighted by Gasteiger charge is -2.14. The van der Waals surface area contributed by atoms with Crippen LogP contribution in [0.2, 0.25) is 0 Å². The van der Waals surface area contributed by atoms with Gasteiger partial charge in [0.2, 0.25) is 5.78 Å². The van der Waals surface area contributed by atoms with Gasteiger partial charge in [-0.3, -0.25) is 4.79 Å². The van der Waals surface area contributed by atoms with Crippen molar-refractivity contribution in [3.8, 4) is 0 Å². The Kier molecular flexibility index (Phi) is 3.35. The Hall–Kier alpha value is -1.39. The average Bonchev–Trinajstić information content (AvgIpc) is 2.14. The third-order valence-electron chi connectivity index (χ3n) is 2.06. The van der Waals surface area contributed by atoms with E-state index in [9.17, 15) is 22.4 Å². The zero-order valence-electron chi connectivity index (χ0n) is 8.73. The van der Waals surface area contributed by atoms with Gasteiger partial charge in [-0.05, 0) is 26.0 Å². The molecule has 5 heteroatoms. The van der Waals surface area contributed by atoms with Gasteiger partial charge in [-0.15, -0.1) is 0 Å². The molecule has 0 heterocycles. The van der Waals surface area contributed by atoms with Gasteiger partial charge >= 0.3 is 12.3 Å². The second kappa shape index (κ2) is 4.23. The van der Waals surface area contributed by atoms with Crippen LogP contribution in [0.5, 0.6) is 0 Å². The minimum atomic E-state index is -4.62. The van der Waals surface area contributed by atoms with Crippen LogP contribution in [0.1, 0.15) is 21.5 Å². The summed E-state index contributed by atoms with van der Waals surface area (Å²) < 4.78 is 49.5. The van der Waals surface area contributed by atoms with Gasteiger partial charge in [0, 0.05) is 5.56 Å². The molecule has 0 saturated heterocycles. The van der Waals surface area contributed by atoms with Crippen molar-refractivity contribution in [1.29, 1.82) is 0 Å². The lowest BCUT2D eigenvalue weighted by atomic mass is 10.0. The molecule has 0 aliphatic rings. The average molecular weight is 234 g/mol. The minimum Gasteiger partial charge on any atom is -0.287 e. The minimum absolute atomic E-state index is 0.386. The van der Waals surface area contributed by atoms with Gasteiger partial charge in [0.25, 0.3) is 0 Å². The smallest absolute Gasteiger partial charge is 0.287 e. The van der Waals surface area contributed by atoms with Crippen molar-refractivity contribution in [2.45, 2.75) is 26.2 Å². The van der Waals surface area contributed by atoms with Crippen LogP contribution < -0.4 is 0 Å². The van der Waals surface area contributed by atoms with Crippen molar-refractivity contribution in [3.63, 3.8) is 0 Å². The Morgan fingerprint density at radius 2 is 1.56 bits per heavy atom. The highest BCUT2D eigenvalue weighted by Crippen LogP contribution is 2.28. The Balaban J connectivity index is 3.15. The SMILES string of the molecule is Cc1cc(C)cc(C(=O)C(F)(F)C(F)F)c1. The molecule has 0 bridgehead atoms. The molecule has 16 heavy (non-hydrogen) atoms. The Labute approximate surface area is 90.1 Å². The first-order valence-corrected chi connectivity index (χ1v) is 4.54. The highest BCUT2D eigenvalue weighted by atomic mass is 19.3. The normalized spacial score (nSPS) is 11.9. The van der Waals surface area contributed by atoms with Gasteiger partial charge in [-0.1, -0.05) is 17.2 Å². The number of aryl methyl sites for hydroxylation is 2. The molecule has 0 aliphatic heterocycles. The predicted octanol–water partition coefficient (Wildman–Crippen LogP) is 3.39. The predicted molar refractivity (Wildman–Crippen MR) is 51.2 cm³/mol. The lowest BCUT2D eigenvalue weighted by molar-refractivity contribution is -0.0958. The van der Waals surface area contributed by atoms with Crippen LogP contribution in [0, 0.1) is 13.8 Å². The molecule has 1 aromatic carbocycles. The number of carbonyl (C=O) groups is 1. The molecule has 0 fully saturated rings. The van der Waals surface area contributed by atoms with Gasteiger partial charge in [0.05, 0.1) is 0 Å². The van der Waals surface area contributed by atoms with E-state index < -0.39 is 18.1 Å². The Bertz CT molecular complexity index is 392. The zero-order valence-corrected chi connectivity index (χ0v) is 8.73. The fraction of sp³-hybridized carbons (Fsp3) is 0.364. The van der Waals surface area contributed by atoms with E-state index in [1.54, 1.807) is 19.9 Å². The van der Waals surface area contributed by atoms with Crippen LogP contribution in [0.15, 0.2) is 18.2 Å². The van der Waals surface area contributed by atoms with E-state index in [4.69, 9.17) is 0 Å². The first-order valence-electron chi connectivity index (χ1n) is 4.54. The molecule has 0 saturated carbocycles. The van der Waals surface area contributed by atoms with E-state index in [0.717, 1.165) is 0 Å². The number of alkyl halides is 4. The third kappa shape index (κ3) is 2.40. The second-order valence-corrected chi connectivity index (χ2v) is 3.63. The summed E-state index contributed by atoms with van der Waals surface area (Å²) in [5, 5.41) is 0. The quantitative estimate of drug-likeness (QED) is 0.578. The summed E-state index contributed by atoms with van der Waals surface area (Å²) in [6.45, 7) is 3.20. The summed E-state index contributed by atoms with van der Waals surface area (Å²) in [4.78, 5) is 11.2. The van der Waals surface area contributed by atoms with Crippen molar-refractivity contribution in [3.05, 3.63) is 34.9 Å². The molecule has 0 N–H and O–H groups in total. The molecule has 0 radical (unpaired) electrons. The summed E-state index contributed by atoms with van der Waals surface area (Å²) >= 11 is 0. The highest BCUT2D eigenvalue weighted by molar-refractivity contribution is 6.01. The number of halogens is 4. The molecule has 0 spiro atoms. The van der Waals surface area contributed by atoms with Gasteiger partial charge in [0.15, 0.2) is 0 Å². The van der Waals surface area contributed by atoms with Gasteiger partial charge in [-0.25, -0.2) is 8.78 Å². The standard InChI is InChI=1S/C11H10F4O/c1-6-3-7(2)5-8(4-6)9(16)11(14,15)10(12)13/h3-5,10H,1-2H3. The number of rotatable bonds is 3. The molecule has 1 aromatic rings. The van der Waals surface area contributed by atoms with E-state index in [2.05, 4.69) is 0 Å². The van der Waals surface area contributed by atoms with E-state index in [1.807, 2.05) is 0 Å². The molecule has 0 atom stereocenters. The van der Waals surface area contributed by atoms with Crippen molar-refractivity contribution >= 4 is 5.78 Å². The van der Waals surface area contributed by atoms with E-state index in [0.29, 0.717) is 11.1 Å². The number of hydrogen-bond donors (Lipinski definition) is 0. The van der Waals surface area contributed by atoms with E-state index in [-0.39, 0.29) is 5.56 Å². The summed E-state index contributed by atoms with van der Waals surface area (Å²) in [5.74, 6) is -6.46. The number of Topliss-reactive ketones (excluding diaryl/α,β-unsaturated/α-hetero) is 1. The molecule has 0 aromatic heterocycles. The topological polar surface area (TPSA) is 17.1 Å². The van der Waals surface area contributed by atoms with Crippen LogP contribution >= 0.6 is 0 Å². The van der Waals surface area contributed by atoms with Crippen LogP contribution in [-0.4, -0.2) is 18.1 Å². The van der Waals surface area contributed by atoms with Crippen molar-refractivity contribution < 1.29 is 22.4 Å². The second-order valence-electron chi connectivity index (χ2n) is 3.63. The first kappa shape index (κ1) is 12.7. The maximum Gasteiger partial charge on any atom is 0.368 e. The third-order valence-corrected chi connectivity index (χ3v) is 2.06. The number of benzene rings is 1. The summed E-state index contributed by atoms with van der Waals surface area (Å²) in [7, 11) is 0. The highest BCUT2D eigenvalue weighted by Gasteiger charge is 2.48. The van der Waals surface area contributed by atoms with Gasteiger partial charge in [0.1, 0.15) is 0 Å². The molecule has 0 unspecified atom stereocenters. The zero-order chi connectivity index (χ0) is 12.5. The first-order chi connectivity index (χ1) is 7.25. The molecule has 1 nitrogen and oxygen atoms in total. The van der Waals surface area contributed by atoms with Crippen LogP contribution in [0.25, 0.3) is 0 Å². The Morgan fingerprint density at radius 1 is 1.12 bits per heavy atom. The molecule has 0 aliphatic carbocycles. The van der Waals surface area contributed by atoms with Gasteiger partial charge < -0.3 is 0 Å². The molecular weight excluding hydrogens is 224 g/mol. The molecule has 88 valence electrons. The summed E-state index contributed by atoms with van der Waals surface area (Å²) in [6, 6.07) is 4.01. The lowest BCUT2D eigenvalue weighted by Crippen LogP contribution is -2.36. The molecule has 1 rings (SSSR count). The van der Waals surface area contributed by atoms with Crippen molar-refractivity contribution in [1.82, 2.24) is 0 Å². The largest absolute Gasteiger partial charge is 0.368 e. The maximum atomic E-state index is 12.8. The fourth-order valence-electron chi connectivity index (χ4n) is 1.40. The number of hydrogen-bond acceptors (Lipinski definition) is 1. The monoisotopic (exact) mass is 234 g/mol. The maximum absolute atomic E-state index is 12.8. The van der Waals surface area contributed by atoms with Crippen LogP contribution in [-0.2, 0) is 0 Å². The van der Waals surface area contributed by atoms with E-state index in [1.165, 1.54) is 12.1 Å². The summed E-state index contributed by atoms with van der Waals surface area (Å²) in [6.07, 6.45) is -3.99. The number of carbonyl (C=O) groups excluding carboxylic acids is 1. The molecular formula is C11H10F4O.